The molecule has 9 rings (SSSR count). The number of benzene rings is 2. The zero-order valence-corrected chi connectivity index (χ0v) is 37.4. The van der Waals surface area contributed by atoms with Gasteiger partial charge in [-0.05, 0) is 87.6 Å². The van der Waals surface area contributed by atoms with Crippen LogP contribution in [0.5, 0.6) is 17.2 Å². The van der Waals surface area contributed by atoms with Crippen molar-refractivity contribution in [1.82, 2.24) is 9.88 Å². The van der Waals surface area contributed by atoms with Crippen molar-refractivity contribution in [3.05, 3.63) is 118 Å². The molecule has 4 aliphatic heterocycles. The Morgan fingerprint density at radius 3 is 2.48 bits per heavy atom. The van der Waals surface area contributed by atoms with Gasteiger partial charge in [0.15, 0.2) is 17.3 Å². The number of para-hydroxylation sites is 1. The first-order valence-corrected chi connectivity index (χ1v) is 23.7. The van der Waals surface area contributed by atoms with Crippen molar-refractivity contribution >= 4 is 57.2 Å². The second-order valence-corrected chi connectivity index (χ2v) is 19.8. The number of nitrogens with zero attached hydrogens (tertiary/aromatic N) is 5. The van der Waals surface area contributed by atoms with E-state index in [0.717, 1.165) is 55.5 Å². The van der Waals surface area contributed by atoms with Gasteiger partial charge in [0.1, 0.15) is 24.7 Å². The highest BCUT2D eigenvalue weighted by Crippen LogP contribution is 2.43. The van der Waals surface area contributed by atoms with Gasteiger partial charge in [-0.1, -0.05) is 45.9 Å². The third kappa shape index (κ3) is 8.38. The summed E-state index contributed by atoms with van der Waals surface area (Å²) in [6.07, 6.45) is 17.5. The van der Waals surface area contributed by atoms with Crippen LogP contribution in [0.3, 0.4) is 0 Å². The van der Waals surface area contributed by atoms with Crippen LogP contribution in [0.4, 0.5) is 11.4 Å². The van der Waals surface area contributed by atoms with E-state index in [1.165, 1.54) is 5.57 Å². The summed E-state index contributed by atoms with van der Waals surface area (Å²) in [4.78, 5) is 46.4. The minimum absolute atomic E-state index is 0.0689. The molecule has 0 fully saturated rings. The molecule has 2 amide bonds. The van der Waals surface area contributed by atoms with Gasteiger partial charge in [0.25, 0.3) is 11.8 Å². The van der Waals surface area contributed by atoms with E-state index < -0.39 is 6.04 Å². The van der Waals surface area contributed by atoms with Crippen molar-refractivity contribution in [2.24, 2.45) is 9.98 Å². The van der Waals surface area contributed by atoms with E-state index in [0.29, 0.717) is 70.0 Å². The molecule has 2 aromatic carbocycles. The Hall–Kier alpha value is -5.47. The monoisotopic (exact) mass is 873 g/mol. The van der Waals surface area contributed by atoms with Gasteiger partial charge in [0, 0.05) is 65.2 Å². The predicted octanol–water partition coefficient (Wildman–Crippen LogP) is 9.27. The normalized spacial score (nSPS) is 21.0. The third-order valence-corrected chi connectivity index (χ3v) is 14.7. The number of anilines is 1. The molecule has 0 bridgehead atoms. The van der Waals surface area contributed by atoms with Crippen LogP contribution in [0, 0.1) is 0 Å². The molecule has 0 spiro atoms. The van der Waals surface area contributed by atoms with Crippen molar-refractivity contribution in [3.8, 4) is 17.2 Å². The fraction of sp³-hybridized carbons (Fsp3) is 0.396. The van der Waals surface area contributed by atoms with Crippen molar-refractivity contribution in [2.75, 3.05) is 32.0 Å². The smallest absolute Gasteiger partial charge is 0.261 e. The highest BCUT2D eigenvalue weighted by atomic mass is 33.1. The molecule has 0 N–H and O–H groups in total. The third-order valence-electron chi connectivity index (χ3n) is 12.0. The highest BCUT2D eigenvalue weighted by Gasteiger charge is 2.41. The van der Waals surface area contributed by atoms with Crippen LogP contribution in [0.1, 0.15) is 79.7 Å². The van der Waals surface area contributed by atoms with Gasteiger partial charge in [0.05, 0.1) is 61.6 Å². The maximum atomic E-state index is 14.0. The van der Waals surface area contributed by atoms with Crippen molar-refractivity contribution in [3.63, 3.8) is 0 Å². The lowest BCUT2D eigenvalue weighted by Crippen LogP contribution is -2.39. The molecule has 0 saturated carbocycles. The van der Waals surface area contributed by atoms with Crippen LogP contribution in [0.25, 0.3) is 0 Å². The summed E-state index contributed by atoms with van der Waals surface area (Å²) in [6.45, 7) is 5.23. The number of aromatic nitrogens is 1. The summed E-state index contributed by atoms with van der Waals surface area (Å²) in [5.41, 5.74) is 7.16. The average Bonchev–Trinajstić information content (AvgIpc) is 3.77. The molecular weight excluding hydrogens is 823 g/mol. The topological polar surface area (TPSA) is 124 Å². The second-order valence-electron chi connectivity index (χ2n) is 16.7. The molecule has 2 unspecified atom stereocenters. The number of rotatable bonds is 15. The lowest BCUT2D eigenvalue weighted by molar-refractivity contribution is -0.115. The van der Waals surface area contributed by atoms with Gasteiger partial charge in [0.2, 0.25) is 0 Å². The van der Waals surface area contributed by atoms with E-state index in [1.807, 2.05) is 63.4 Å². The van der Waals surface area contributed by atoms with E-state index in [1.54, 1.807) is 43.2 Å². The minimum Gasteiger partial charge on any atom is -0.493 e. The SMILES string of the molecule is COC1=C(OCc2cc(OCCCC(C)(C)SSC)cc(COc3cc4c(cc3OC)C(=O)N3C5=C(CCC=C5)CC3C=N4)n2)CC2N=C[C@@H]3Cc4ccccc4N3C(=O)C2=C1. The molecule has 62 heavy (non-hydrogen) atoms. The number of allylic oxidation sites excluding steroid dienone is 3. The summed E-state index contributed by atoms with van der Waals surface area (Å²) in [6, 6.07) is 14.6. The molecule has 14 heteroatoms. The second kappa shape index (κ2) is 17.7. The Balaban J connectivity index is 0.945. The molecule has 322 valence electrons. The zero-order valence-electron chi connectivity index (χ0n) is 35.7. The maximum absolute atomic E-state index is 14.0. The van der Waals surface area contributed by atoms with E-state index in [-0.39, 0.29) is 41.9 Å². The summed E-state index contributed by atoms with van der Waals surface area (Å²) in [5.74, 6) is 2.41. The van der Waals surface area contributed by atoms with E-state index in [4.69, 9.17) is 38.7 Å². The Morgan fingerprint density at radius 2 is 1.68 bits per heavy atom. The number of ether oxygens (including phenoxy) is 5. The Morgan fingerprint density at radius 1 is 0.871 bits per heavy atom. The first kappa shape index (κ1) is 41.9. The molecule has 3 aromatic rings. The maximum Gasteiger partial charge on any atom is 0.261 e. The number of pyridine rings is 1. The van der Waals surface area contributed by atoms with Crippen LogP contribution < -0.4 is 19.1 Å². The molecule has 0 radical (unpaired) electrons. The molecular formula is C48H51N5O7S2. The van der Waals surface area contributed by atoms with Gasteiger partial charge in [-0.25, -0.2) is 0 Å². The molecule has 12 nitrogen and oxygen atoms in total. The van der Waals surface area contributed by atoms with E-state index >= 15 is 0 Å². The quantitative estimate of drug-likeness (QED) is 0.108. The van der Waals surface area contributed by atoms with Crippen molar-refractivity contribution < 1.29 is 33.3 Å². The molecule has 5 heterocycles. The summed E-state index contributed by atoms with van der Waals surface area (Å²) in [7, 11) is 6.79. The number of fused-ring (bicyclic) bond motifs is 7. The Labute approximate surface area is 370 Å². The highest BCUT2D eigenvalue weighted by molar-refractivity contribution is 8.76. The number of hydrogen-bond acceptors (Lipinski definition) is 12. The lowest BCUT2D eigenvalue weighted by Gasteiger charge is -2.26. The average molecular weight is 874 g/mol. The Bertz CT molecular complexity index is 2470. The molecule has 1 aromatic heterocycles. The Kier molecular flexibility index (Phi) is 12.0. The summed E-state index contributed by atoms with van der Waals surface area (Å²) >= 11 is 0. The number of methoxy groups -OCH3 is 2. The van der Waals surface area contributed by atoms with Gasteiger partial charge in [-0.2, -0.15) is 0 Å². The van der Waals surface area contributed by atoms with Gasteiger partial charge in [-0.15, -0.1) is 0 Å². The summed E-state index contributed by atoms with van der Waals surface area (Å²) in [5, 5.41) is 0. The largest absolute Gasteiger partial charge is 0.493 e. The zero-order chi connectivity index (χ0) is 43.0. The van der Waals surface area contributed by atoms with Crippen LogP contribution >= 0.6 is 21.6 Å². The van der Waals surface area contributed by atoms with Crippen LogP contribution in [-0.4, -0.2) is 84.1 Å². The number of amides is 2. The number of aliphatic imine (C=N–C) groups is 2. The fourth-order valence-corrected chi connectivity index (χ4v) is 11.3. The van der Waals surface area contributed by atoms with Crippen LogP contribution in [0.15, 0.2) is 105 Å². The number of hydrogen-bond donors (Lipinski definition) is 0. The van der Waals surface area contributed by atoms with Crippen LogP contribution in [0.2, 0.25) is 0 Å². The molecule has 3 atom stereocenters. The molecule has 6 aliphatic rings. The van der Waals surface area contributed by atoms with Crippen molar-refractivity contribution in [2.45, 2.75) is 94.9 Å². The fourth-order valence-electron chi connectivity index (χ4n) is 9.05. The van der Waals surface area contributed by atoms with E-state index in [9.17, 15) is 9.59 Å². The lowest BCUT2D eigenvalue weighted by atomic mass is 9.96. The minimum atomic E-state index is -0.403. The summed E-state index contributed by atoms with van der Waals surface area (Å²) < 4.78 is 31.0. The standard InChI is InChI=1S/C48H51N5O7S2/c1-48(2,62-61-5)15-10-16-58-35-19-31(27-59-44-23-38-36(21-42(44)56-3)46(54)52-33(25-49-38)17-29-11-6-8-13-40(29)52)51-32(20-35)28-60-45-24-39-37(22-43(45)57-4)47(55)53-34(26-50-39)18-30-12-7-9-14-41(30)53/h6,8-9,11,13-14,19-22,24-26,33-34,38H,7,10,12,15-18,23,27-28H2,1-5H3/t33-,34?,38?/m0/s1. The van der Waals surface area contributed by atoms with Gasteiger partial charge < -0.3 is 23.7 Å². The van der Waals surface area contributed by atoms with Gasteiger partial charge in [-0.3, -0.25) is 34.4 Å². The molecule has 0 saturated heterocycles. The number of carbonyl (C=O) groups excluding carboxylic acids is 2. The van der Waals surface area contributed by atoms with Crippen LogP contribution in [-0.2, 0) is 33.9 Å². The van der Waals surface area contributed by atoms with E-state index in [2.05, 4.69) is 38.3 Å². The first-order valence-electron chi connectivity index (χ1n) is 21.1. The predicted molar refractivity (Wildman–Crippen MR) is 245 cm³/mol. The first-order chi connectivity index (χ1) is 30.1. The number of carbonyl (C=O) groups is 2. The van der Waals surface area contributed by atoms with Crippen molar-refractivity contribution in [1.29, 1.82) is 0 Å². The molecule has 2 aliphatic carbocycles. The van der Waals surface area contributed by atoms with Gasteiger partial charge >= 0.3 is 0 Å².